The maximum atomic E-state index is 12.7. The van der Waals surface area contributed by atoms with Crippen molar-refractivity contribution in [3.05, 3.63) is 71.5 Å². The van der Waals surface area contributed by atoms with Crippen LogP contribution >= 0.6 is 11.6 Å². The van der Waals surface area contributed by atoms with Gasteiger partial charge in [-0.3, -0.25) is 9.69 Å². The minimum absolute atomic E-state index is 0.107. The summed E-state index contributed by atoms with van der Waals surface area (Å²) in [5.41, 5.74) is 2.22. The Morgan fingerprint density at radius 3 is 2.21 bits per heavy atom. The van der Waals surface area contributed by atoms with Crippen LogP contribution < -0.4 is 4.90 Å². The number of piperazine rings is 1. The Hall–Kier alpha value is -3.01. The van der Waals surface area contributed by atoms with Crippen LogP contribution in [0.5, 0.6) is 0 Å². The van der Waals surface area contributed by atoms with Gasteiger partial charge in [0.05, 0.1) is 5.56 Å². The fourth-order valence-electron chi connectivity index (χ4n) is 4.34. The maximum Gasteiger partial charge on any atom is 0.269 e. The first-order valence-electron chi connectivity index (χ1n) is 11.1. The molecule has 1 fully saturated rings. The molecule has 0 spiro atoms. The summed E-state index contributed by atoms with van der Waals surface area (Å²) in [4.78, 5) is 26.1. The average Bonchev–Trinajstić information content (AvgIpc) is 3.06. The van der Waals surface area contributed by atoms with Gasteiger partial charge in [0.25, 0.3) is 15.9 Å². The van der Waals surface area contributed by atoms with Gasteiger partial charge >= 0.3 is 0 Å². The number of hydrogen-bond donors (Lipinski definition) is 0. The van der Waals surface area contributed by atoms with Gasteiger partial charge in [0, 0.05) is 62.2 Å². The normalized spacial score (nSPS) is 17.7. The molecular formula is C24H24ClN5O3S. The molecule has 34 heavy (non-hydrogen) atoms. The van der Waals surface area contributed by atoms with Crippen molar-refractivity contribution >= 4 is 33.5 Å². The van der Waals surface area contributed by atoms with Gasteiger partial charge in [0.15, 0.2) is 0 Å². The summed E-state index contributed by atoms with van der Waals surface area (Å²) in [7, 11) is -3.74. The zero-order valence-electron chi connectivity index (χ0n) is 18.5. The minimum Gasteiger partial charge on any atom is -0.338 e. The van der Waals surface area contributed by atoms with Crippen molar-refractivity contribution in [2.75, 3.05) is 44.2 Å². The number of hydrogen-bond acceptors (Lipinski definition) is 7. The van der Waals surface area contributed by atoms with E-state index in [1.807, 2.05) is 36.7 Å². The first kappa shape index (κ1) is 22.8. The number of nitrogens with zero attached hydrogens (tertiary/aromatic N) is 5. The van der Waals surface area contributed by atoms with Crippen molar-refractivity contribution in [1.29, 1.82) is 0 Å². The summed E-state index contributed by atoms with van der Waals surface area (Å²) in [6, 6.07) is 14.0. The highest BCUT2D eigenvalue weighted by Crippen LogP contribution is 2.30. The zero-order valence-corrected chi connectivity index (χ0v) is 20.0. The van der Waals surface area contributed by atoms with Crippen LogP contribution in [0.15, 0.2) is 65.8 Å². The van der Waals surface area contributed by atoms with Crippen molar-refractivity contribution in [2.45, 2.75) is 11.3 Å². The van der Waals surface area contributed by atoms with Gasteiger partial charge in [-0.2, -0.15) is 0 Å². The summed E-state index contributed by atoms with van der Waals surface area (Å²) in [6.45, 7) is 4.12. The summed E-state index contributed by atoms with van der Waals surface area (Å²) >= 11 is 5.95. The molecule has 0 atom stereocenters. The second-order valence-electron chi connectivity index (χ2n) is 8.34. The molecule has 8 nitrogen and oxygen atoms in total. The molecule has 0 N–H and O–H groups in total. The lowest BCUT2D eigenvalue weighted by Gasteiger charge is -2.34. The molecule has 0 aliphatic carbocycles. The van der Waals surface area contributed by atoms with E-state index >= 15 is 0 Å². The Kier molecular flexibility index (Phi) is 6.24. The van der Waals surface area contributed by atoms with Crippen LogP contribution in [0.4, 0.5) is 5.95 Å². The van der Waals surface area contributed by atoms with Crippen LogP contribution in [0.2, 0.25) is 5.02 Å². The number of rotatable bonds is 6. The molecule has 0 radical (unpaired) electrons. The van der Waals surface area contributed by atoms with E-state index in [1.54, 1.807) is 18.2 Å². The molecule has 0 unspecified atom stereocenters. The number of amides is 1. The zero-order chi connectivity index (χ0) is 23.7. The maximum absolute atomic E-state index is 12.7. The molecule has 0 bridgehead atoms. The molecule has 1 aromatic heterocycles. The van der Waals surface area contributed by atoms with E-state index in [9.17, 15) is 13.2 Å². The number of fused-ring (bicyclic) bond motifs is 1. The molecule has 1 saturated heterocycles. The predicted octanol–water partition coefficient (Wildman–Crippen LogP) is 3.15. The van der Waals surface area contributed by atoms with Crippen LogP contribution in [0.3, 0.4) is 0 Å². The number of aromatic nitrogens is 2. The summed E-state index contributed by atoms with van der Waals surface area (Å²) in [6.07, 6.45) is 4.23. The number of carbonyl (C=O) groups is 1. The van der Waals surface area contributed by atoms with Gasteiger partial charge in [0.1, 0.15) is 4.90 Å². The van der Waals surface area contributed by atoms with Crippen molar-refractivity contribution in [1.82, 2.24) is 19.2 Å². The molecule has 3 heterocycles. The second-order valence-corrected chi connectivity index (χ2v) is 10.6. The minimum atomic E-state index is -3.74. The lowest BCUT2D eigenvalue weighted by molar-refractivity contribution is 0.0866. The summed E-state index contributed by atoms with van der Waals surface area (Å²) in [5.74, 6) is 0.267. The first-order valence-corrected chi connectivity index (χ1v) is 13.0. The number of halogens is 1. The van der Waals surface area contributed by atoms with E-state index in [0.717, 1.165) is 48.2 Å². The van der Waals surface area contributed by atoms with Gasteiger partial charge < -0.3 is 4.90 Å². The highest BCUT2D eigenvalue weighted by molar-refractivity contribution is 7.90. The van der Waals surface area contributed by atoms with Crippen molar-refractivity contribution in [2.24, 2.45) is 0 Å². The van der Waals surface area contributed by atoms with Crippen LogP contribution in [0, 0.1) is 0 Å². The van der Waals surface area contributed by atoms with Crippen LogP contribution in [0.1, 0.15) is 16.8 Å². The Bertz CT molecular complexity index is 1290. The quantitative estimate of drug-likeness (QED) is 0.517. The average molecular weight is 498 g/mol. The van der Waals surface area contributed by atoms with Gasteiger partial charge in [-0.05, 0) is 36.2 Å². The number of carbonyl (C=O) groups excluding carboxylic acids is 1. The highest BCUT2D eigenvalue weighted by Gasteiger charge is 2.40. The van der Waals surface area contributed by atoms with Crippen molar-refractivity contribution in [3.8, 4) is 11.1 Å². The van der Waals surface area contributed by atoms with E-state index in [1.165, 1.54) is 6.07 Å². The largest absolute Gasteiger partial charge is 0.338 e. The van der Waals surface area contributed by atoms with Crippen LogP contribution in [-0.4, -0.2) is 72.8 Å². The van der Waals surface area contributed by atoms with Crippen molar-refractivity contribution < 1.29 is 13.2 Å². The number of benzene rings is 2. The lowest BCUT2D eigenvalue weighted by Crippen LogP contribution is -2.47. The molecular weight excluding hydrogens is 474 g/mol. The predicted molar refractivity (Wildman–Crippen MR) is 130 cm³/mol. The smallest absolute Gasteiger partial charge is 0.269 e. The third-order valence-corrected chi connectivity index (χ3v) is 8.31. The van der Waals surface area contributed by atoms with Gasteiger partial charge in [0.2, 0.25) is 5.95 Å². The first-order chi connectivity index (χ1) is 16.4. The molecule has 2 aliphatic rings. The fourth-order valence-corrected chi connectivity index (χ4v) is 6.07. The molecule has 5 rings (SSSR count). The molecule has 176 valence electrons. The summed E-state index contributed by atoms with van der Waals surface area (Å²) < 4.78 is 26.3. The molecule has 0 saturated carbocycles. The molecule has 10 heteroatoms. The van der Waals surface area contributed by atoms with Crippen LogP contribution in [-0.2, 0) is 10.0 Å². The van der Waals surface area contributed by atoms with Gasteiger partial charge in [-0.15, -0.1) is 0 Å². The van der Waals surface area contributed by atoms with E-state index < -0.39 is 15.9 Å². The van der Waals surface area contributed by atoms with E-state index in [2.05, 4.69) is 19.8 Å². The fraction of sp³-hybridized carbons (Fsp3) is 0.292. The Balaban J connectivity index is 1.12. The molecule has 2 aromatic carbocycles. The van der Waals surface area contributed by atoms with E-state index in [0.29, 0.717) is 17.4 Å². The highest BCUT2D eigenvalue weighted by atomic mass is 35.5. The van der Waals surface area contributed by atoms with Gasteiger partial charge in [-0.1, -0.05) is 35.9 Å². The Labute approximate surface area is 203 Å². The molecule has 1 amide bonds. The number of sulfonamides is 1. The second kappa shape index (κ2) is 9.32. The van der Waals surface area contributed by atoms with Crippen molar-refractivity contribution in [3.63, 3.8) is 0 Å². The standard InChI is InChI=1S/C24H24ClN5O3S/c25-20-8-6-18(7-9-20)19-16-26-24(27-17-19)29-14-12-28(13-15-29)10-3-11-30-23(31)21-4-1-2-5-22(21)34(30,32)33/h1-2,4-9,16-17H,3,10-15H2. The number of anilines is 1. The molecule has 3 aromatic rings. The van der Waals surface area contributed by atoms with E-state index in [4.69, 9.17) is 11.6 Å². The SMILES string of the molecule is O=C1c2ccccc2S(=O)(=O)N1CCCN1CCN(c2ncc(-c3ccc(Cl)cc3)cn2)CC1. The Morgan fingerprint density at radius 2 is 1.53 bits per heavy atom. The lowest BCUT2D eigenvalue weighted by atomic mass is 10.1. The van der Waals surface area contributed by atoms with Gasteiger partial charge in [-0.25, -0.2) is 22.7 Å². The monoisotopic (exact) mass is 497 g/mol. The van der Waals surface area contributed by atoms with E-state index in [-0.39, 0.29) is 17.0 Å². The topological polar surface area (TPSA) is 86.7 Å². The Morgan fingerprint density at radius 1 is 0.853 bits per heavy atom. The summed E-state index contributed by atoms with van der Waals surface area (Å²) in [5, 5.41) is 0.693. The molecule has 2 aliphatic heterocycles. The van der Waals surface area contributed by atoms with Crippen LogP contribution in [0.25, 0.3) is 11.1 Å². The third kappa shape index (κ3) is 4.38. The third-order valence-electron chi connectivity index (χ3n) is 6.22.